The Bertz CT molecular complexity index is 1600. The fraction of sp³-hybridized carbons (Fsp3) is 0.286. The summed E-state index contributed by atoms with van der Waals surface area (Å²) in [5.74, 6) is 0.677. The fourth-order valence-electron chi connectivity index (χ4n) is 4.49. The van der Waals surface area contributed by atoms with Gasteiger partial charge in [0.25, 0.3) is 5.24 Å². The van der Waals surface area contributed by atoms with Gasteiger partial charge in [-0.05, 0) is 35.2 Å². The molecule has 0 radical (unpaired) electrons. The largest absolute Gasteiger partial charge is 0.496 e. The zero-order chi connectivity index (χ0) is 28.4. The molecule has 1 N–H and O–H groups in total. The summed E-state index contributed by atoms with van der Waals surface area (Å²) < 4.78 is 43.9. The Morgan fingerprint density at radius 1 is 0.974 bits per heavy atom. The minimum absolute atomic E-state index is 0.101. The van der Waals surface area contributed by atoms with Gasteiger partial charge in [0.15, 0.2) is 5.69 Å². The average molecular weight is 572 g/mol. The Labute approximate surface area is 233 Å². The van der Waals surface area contributed by atoms with Crippen molar-refractivity contribution in [3.63, 3.8) is 0 Å². The molecule has 0 fully saturated rings. The van der Waals surface area contributed by atoms with Crippen LogP contribution in [0.5, 0.6) is 11.5 Å². The quantitative estimate of drug-likeness (QED) is 0.162. The predicted molar refractivity (Wildman–Crippen MR) is 152 cm³/mol. The number of fused-ring (bicyclic) bond motifs is 1. The van der Waals surface area contributed by atoms with Gasteiger partial charge in [-0.2, -0.15) is 5.10 Å². The summed E-state index contributed by atoms with van der Waals surface area (Å²) in [6.07, 6.45) is 0.581. The van der Waals surface area contributed by atoms with Gasteiger partial charge in [-0.15, -0.1) is 0 Å². The monoisotopic (exact) mass is 571 g/mol. The smallest absolute Gasteiger partial charge is 0.274 e. The number of nitrogens with zero attached hydrogens (tertiary/aromatic N) is 3. The molecule has 1 heterocycles. The Balaban J connectivity index is 2.05. The summed E-state index contributed by atoms with van der Waals surface area (Å²) in [6.45, 7) is 0.905. The molecule has 206 valence electrons. The average Bonchev–Trinajstić information content (AvgIpc) is 3.31. The summed E-state index contributed by atoms with van der Waals surface area (Å²) in [6, 6.07) is 18.3. The van der Waals surface area contributed by atoms with Crippen LogP contribution < -0.4 is 14.2 Å². The number of sulfonamides is 1. The lowest BCUT2D eigenvalue weighted by atomic mass is 10.1. The van der Waals surface area contributed by atoms with Crippen molar-refractivity contribution in [3.05, 3.63) is 66.4 Å². The van der Waals surface area contributed by atoms with Crippen molar-refractivity contribution < 1.29 is 27.2 Å². The van der Waals surface area contributed by atoms with Crippen LogP contribution in [0.3, 0.4) is 0 Å². The molecule has 3 aromatic carbocycles. The number of benzene rings is 3. The van der Waals surface area contributed by atoms with E-state index in [-0.39, 0.29) is 17.1 Å². The molecule has 0 amide bonds. The maximum absolute atomic E-state index is 13.9. The molecule has 0 atom stereocenters. The number of hydrogen-bond acceptors (Lipinski definition) is 6. The van der Waals surface area contributed by atoms with E-state index in [0.29, 0.717) is 33.7 Å². The van der Waals surface area contributed by atoms with E-state index < -0.39 is 21.0 Å². The second kappa shape index (κ2) is 11.4. The van der Waals surface area contributed by atoms with Crippen molar-refractivity contribution in [2.75, 3.05) is 48.5 Å². The van der Waals surface area contributed by atoms with Gasteiger partial charge in [0.2, 0.25) is 10.0 Å². The first kappa shape index (κ1) is 28.6. The topological polar surface area (TPSA) is 99.5 Å². The molecule has 1 aromatic heterocycles. The van der Waals surface area contributed by atoms with E-state index in [9.17, 15) is 13.2 Å². The summed E-state index contributed by atoms with van der Waals surface area (Å²) >= 11 is 5.99. The highest BCUT2D eigenvalue weighted by Crippen LogP contribution is 2.44. The summed E-state index contributed by atoms with van der Waals surface area (Å²) in [4.78, 5) is 12.4. The van der Waals surface area contributed by atoms with Gasteiger partial charge in [-0.1, -0.05) is 42.5 Å². The molecule has 0 saturated carbocycles. The predicted octanol–water partition coefficient (Wildman–Crippen LogP) is 4.46. The number of quaternary nitrogens is 1. The Hall–Kier alpha value is -3.44. The van der Waals surface area contributed by atoms with Gasteiger partial charge in [0.1, 0.15) is 22.1 Å². The zero-order valence-corrected chi connectivity index (χ0v) is 24.1. The third kappa shape index (κ3) is 5.94. The number of nitrogens with one attached hydrogen (secondary N) is 1. The van der Waals surface area contributed by atoms with Gasteiger partial charge >= 0.3 is 0 Å². The molecule has 4 rings (SSSR count). The van der Waals surface area contributed by atoms with E-state index in [0.717, 1.165) is 17.3 Å². The first-order valence-corrected chi connectivity index (χ1v) is 14.2. The molecule has 0 bridgehead atoms. The van der Waals surface area contributed by atoms with E-state index >= 15 is 0 Å². The Morgan fingerprint density at radius 2 is 1.59 bits per heavy atom. The third-order valence-corrected chi connectivity index (χ3v) is 7.94. The van der Waals surface area contributed by atoms with Crippen molar-refractivity contribution >= 4 is 37.6 Å². The Kier molecular flexibility index (Phi) is 8.31. The third-order valence-electron chi connectivity index (χ3n) is 6.25. The molecular formula is C28H32ClN4O5S+. The lowest BCUT2D eigenvalue weighted by Crippen LogP contribution is -2.37. The molecule has 39 heavy (non-hydrogen) atoms. The molecule has 0 unspecified atom stereocenters. The second-order valence-corrected chi connectivity index (χ2v) is 12.1. The lowest BCUT2D eigenvalue weighted by molar-refractivity contribution is -0.870. The first-order valence-electron chi connectivity index (χ1n) is 12.3. The number of halogens is 1. The normalized spacial score (nSPS) is 12.1. The molecule has 9 nitrogen and oxygen atoms in total. The second-order valence-electron chi connectivity index (χ2n) is 10.0. The number of aromatic nitrogens is 2. The standard InChI is InChI=1S/C28H32ClN4O5S/c1-33(2,3)18-10-17-30-39(35,36)27-25(28(29)34)31-32(21-14-8-12-19-11-6-7-13-20(19)21)26(27)24-22(37-4)15-9-16-23(24)38-5/h6-9,11-16,30H,10,17-18H2,1-5H3/q+1. The van der Waals surface area contributed by atoms with Crippen molar-refractivity contribution in [2.45, 2.75) is 11.3 Å². The number of carbonyl (C=O) groups excluding carboxylic acids is 1. The van der Waals surface area contributed by atoms with Crippen LogP contribution in [0.15, 0.2) is 65.6 Å². The number of carbonyl (C=O) groups is 1. The van der Waals surface area contributed by atoms with Gasteiger partial charge in [0.05, 0.1) is 53.2 Å². The number of hydrogen-bond donors (Lipinski definition) is 1. The van der Waals surface area contributed by atoms with E-state index in [1.54, 1.807) is 24.3 Å². The van der Waals surface area contributed by atoms with Crippen LogP contribution in [0.25, 0.3) is 27.7 Å². The van der Waals surface area contributed by atoms with Crippen LogP contribution in [0.1, 0.15) is 16.9 Å². The van der Waals surface area contributed by atoms with Crippen LogP contribution in [-0.2, 0) is 10.0 Å². The molecular weight excluding hydrogens is 540 g/mol. The molecule has 4 aromatic rings. The molecule has 0 aliphatic heterocycles. The molecule has 11 heteroatoms. The van der Waals surface area contributed by atoms with Crippen molar-refractivity contribution in [3.8, 4) is 28.4 Å². The molecule has 0 saturated heterocycles. The molecule has 0 aliphatic rings. The van der Waals surface area contributed by atoms with Gasteiger partial charge in [-0.3, -0.25) is 4.79 Å². The number of methoxy groups -OCH3 is 2. The number of ether oxygens (including phenoxy) is 2. The van der Waals surface area contributed by atoms with Gasteiger partial charge < -0.3 is 14.0 Å². The molecule has 0 aliphatic carbocycles. The van der Waals surface area contributed by atoms with Crippen LogP contribution in [0, 0.1) is 0 Å². The summed E-state index contributed by atoms with van der Waals surface area (Å²) in [5, 5.41) is 5.19. The first-order chi connectivity index (χ1) is 18.5. The Morgan fingerprint density at radius 3 is 2.21 bits per heavy atom. The maximum Gasteiger partial charge on any atom is 0.274 e. The lowest BCUT2D eigenvalue weighted by Gasteiger charge is -2.23. The SMILES string of the molecule is COc1cccc(OC)c1-c1c(S(=O)(=O)NCCC[N+](C)(C)C)c(C(=O)Cl)nn1-c1cccc2ccccc12. The van der Waals surface area contributed by atoms with E-state index in [2.05, 4.69) is 9.82 Å². The summed E-state index contributed by atoms with van der Waals surface area (Å²) in [7, 11) is 4.75. The van der Waals surface area contributed by atoms with Gasteiger partial charge in [-0.25, -0.2) is 17.8 Å². The minimum atomic E-state index is -4.28. The van der Waals surface area contributed by atoms with E-state index in [1.165, 1.54) is 18.9 Å². The van der Waals surface area contributed by atoms with Crippen LogP contribution in [-0.4, -0.2) is 76.4 Å². The maximum atomic E-state index is 13.9. The fourth-order valence-corrected chi connectivity index (χ4v) is 6.07. The van der Waals surface area contributed by atoms with Crippen molar-refractivity contribution in [2.24, 2.45) is 0 Å². The van der Waals surface area contributed by atoms with Crippen molar-refractivity contribution in [1.29, 1.82) is 0 Å². The van der Waals surface area contributed by atoms with Crippen LogP contribution >= 0.6 is 11.6 Å². The molecule has 0 spiro atoms. The zero-order valence-electron chi connectivity index (χ0n) is 22.6. The van der Waals surface area contributed by atoms with Crippen molar-refractivity contribution in [1.82, 2.24) is 14.5 Å². The van der Waals surface area contributed by atoms with E-state index in [4.69, 9.17) is 21.1 Å². The highest BCUT2D eigenvalue weighted by Gasteiger charge is 2.35. The summed E-state index contributed by atoms with van der Waals surface area (Å²) in [5.41, 5.74) is 0.580. The van der Waals surface area contributed by atoms with E-state index in [1.807, 2.05) is 57.5 Å². The number of rotatable bonds is 11. The minimum Gasteiger partial charge on any atom is -0.496 e. The highest BCUT2D eigenvalue weighted by molar-refractivity contribution is 7.89. The van der Waals surface area contributed by atoms with Gasteiger partial charge in [0, 0.05) is 18.4 Å². The highest BCUT2D eigenvalue weighted by atomic mass is 35.5. The van der Waals surface area contributed by atoms with Crippen LogP contribution in [0.2, 0.25) is 0 Å². The van der Waals surface area contributed by atoms with Crippen LogP contribution in [0.4, 0.5) is 0 Å².